The molecule has 0 bridgehead atoms. The van der Waals surface area contributed by atoms with Gasteiger partial charge in [-0.25, -0.2) is 0 Å². The third-order valence-corrected chi connectivity index (χ3v) is 2.26. The van der Waals surface area contributed by atoms with E-state index in [2.05, 4.69) is 10.1 Å². The van der Waals surface area contributed by atoms with E-state index in [1.807, 2.05) is 20.8 Å². The molecule has 1 heterocycles. The lowest BCUT2D eigenvalue weighted by Gasteiger charge is -2.05. The standard InChI is InChI=1S/C10H19N3O2/c1-4-14-8(3)9-12-10(15-13-9)7(2)5-6-11/h7-8H,4-6,11H2,1-3H3. The van der Waals surface area contributed by atoms with Crippen molar-refractivity contribution in [3.05, 3.63) is 11.7 Å². The van der Waals surface area contributed by atoms with Gasteiger partial charge >= 0.3 is 0 Å². The number of nitrogens with two attached hydrogens (primary N) is 1. The van der Waals surface area contributed by atoms with Crippen LogP contribution in [0, 0.1) is 0 Å². The fraction of sp³-hybridized carbons (Fsp3) is 0.800. The number of hydrogen-bond donors (Lipinski definition) is 1. The maximum Gasteiger partial charge on any atom is 0.229 e. The van der Waals surface area contributed by atoms with Gasteiger partial charge in [-0.3, -0.25) is 0 Å². The molecule has 1 aromatic heterocycles. The molecule has 0 fully saturated rings. The molecule has 15 heavy (non-hydrogen) atoms. The zero-order chi connectivity index (χ0) is 11.3. The Kier molecular flexibility index (Phi) is 4.71. The van der Waals surface area contributed by atoms with E-state index in [1.54, 1.807) is 0 Å². The lowest BCUT2D eigenvalue weighted by Crippen LogP contribution is -2.05. The molecule has 2 unspecified atom stereocenters. The molecular formula is C10H19N3O2. The monoisotopic (exact) mass is 213 g/mol. The maximum absolute atomic E-state index is 5.47. The van der Waals surface area contributed by atoms with E-state index < -0.39 is 0 Å². The van der Waals surface area contributed by atoms with Crippen molar-refractivity contribution in [3.8, 4) is 0 Å². The molecule has 2 N–H and O–H groups in total. The molecule has 86 valence electrons. The van der Waals surface area contributed by atoms with Crippen molar-refractivity contribution >= 4 is 0 Å². The highest BCUT2D eigenvalue weighted by molar-refractivity contribution is 4.94. The van der Waals surface area contributed by atoms with Gasteiger partial charge in [0.1, 0.15) is 6.10 Å². The van der Waals surface area contributed by atoms with Gasteiger partial charge in [-0.1, -0.05) is 12.1 Å². The summed E-state index contributed by atoms with van der Waals surface area (Å²) >= 11 is 0. The number of aromatic nitrogens is 2. The van der Waals surface area contributed by atoms with E-state index in [0.29, 0.717) is 24.9 Å². The van der Waals surface area contributed by atoms with Gasteiger partial charge in [0, 0.05) is 12.5 Å². The van der Waals surface area contributed by atoms with Crippen molar-refractivity contribution < 1.29 is 9.26 Å². The summed E-state index contributed by atoms with van der Waals surface area (Å²) in [6.45, 7) is 7.14. The lowest BCUT2D eigenvalue weighted by atomic mass is 10.1. The van der Waals surface area contributed by atoms with Gasteiger partial charge in [0.05, 0.1) is 0 Å². The minimum absolute atomic E-state index is 0.113. The summed E-state index contributed by atoms with van der Waals surface area (Å²) in [6.07, 6.45) is 0.738. The Bertz CT molecular complexity index is 261. The van der Waals surface area contributed by atoms with Crippen molar-refractivity contribution in [2.75, 3.05) is 13.2 Å². The summed E-state index contributed by atoms with van der Waals surface area (Å²) < 4.78 is 10.5. The molecule has 1 rings (SSSR count). The molecule has 0 aliphatic rings. The van der Waals surface area contributed by atoms with Crippen LogP contribution in [0.2, 0.25) is 0 Å². The second-order valence-electron chi connectivity index (χ2n) is 3.57. The molecule has 0 aliphatic heterocycles. The highest BCUT2D eigenvalue weighted by Gasteiger charge is 2.17. The first-order valence-electron chi connectivity index (χ1n) is 5.34. The van der Waals surface area contributed by atoms with Crippen LogP contribution in [0.15, 0.2) is 4.52 Å². The highest BCUT2D eigenvalue weighted by atomic mass is 16.5. The van der Waals surface area contributed by atoms with Crippen LogP contribution < -0.4 is 5.73 Å². The minimum Gasteiger partial charge on any atom is -0.371 e. The Morgan fingerprint density at radius 3 is 2.80 bits per heavy atom. The third kappa shape index (κ3) is 3.28. The molecular weight excluding hydrogens is 194 g/mol. The number of hydrogen-bond acceptors (Lipinski definition) is 5. The summed E-state index contributed by atoms with van der Waals surface area (Å²) in [5, 5.41) is 3.89. The molecule has 1 aromatic rings. The van der Waals surface area contributed by atoms with Crippen molar-refractivity contribution in [1.29, 1.82) is 0 Å². The van der Waals surface area contributed by atoms with E-state index >= 15 is 0 Å². The Labute approximate surface area is 90.0 Å². The zero-order valence-corrected chi connectivity index (χ0v) is 9.56. The van der Waals surface area contributed by atoms with Crippen LogP contribution in [0.3, 0.4) is 0 Å². The van der Waals surface area contributed by atoms with Crippen LogP contribution >= 0.6 is 0 Å². The second kappa shape index (κ2) is 5.82. The number of nitrogens with zero attached hydrogens (tertiary/aromatic N) is 2. The maximum atomic E-state index is 5.47. The average molecular weight is 213 g/mol. The van der Waals surface area contributed by atoms with Crippen LogP contribution in [0.4, 0.5) is 0 Å². The van der Waals surface area contributed by atoms with Crippen LogP contribution in [-0.2, 0) is 4.74 Å². The molecule has 2 atom stereocenters. The Morgan fingerprint density at radius 2 is 2.20 bits per heavy atom. The van der Waals surface area contributed by atoms with Gasteiger partial charge < -0.3 is 15.0 Å². The van der Waals surface area contributed by atoms with E-state index in [-0.39, 0.29) is 12.0 Å². The Morgan fingerprint density at radius 1 is 1.47 bits per heavy atom. The quantitative estimate of drug-likeness (QED) is 0.777. The molecule has 0 spiro atoms. The molecule has 5 heteroatoms. The largest absolute Gasteiger partial charge is 0.371 e. The van der Waals surface area contributed by atoms with Crippen LogP contribution in [-0.4, -0.2) is 23.3 Å². The second-order valence-corrected chi connectivity index (χ2v) is 3.57. The third-order valence-electron chi connectivity index (χ3n) is 2.26. The van der Waals surface area contributed by atoms with Gasteiger partial charge in [0.2, 0.25) is 5.89 Å². The summed E-state index contributed by atoms with van der Waals surface area (Å²) in [7, 11) is 0. The fourth-order valence-electron chi connectivity index (χ4n) is 1.31. The Balaban J connectivity index is 2.62. The van der Waals surface area contributed by atoms with Crippen LogP contribution in [0.5, 0.6) is 0 Å². The van der Waals surface area contributed by atoms with E-state index in [1.165, 1.54) is 0 Å². The van der Waals surface area contributed by atoms with Gasteiger partial charge in [-0.15, -0.1) is 0 Å². The molecule has 5 nitrogen and oxygen atoms in total. The van der Waals surface area contributed by atoms with Crippen LogP contribution in [0.1, 0.15) is 50.9 Å². The molecule has 0 saturated heterocycles. The van der Waals surface area contributed by atoms with Gasteiger partial charge in [0.25, 0.3) is 0 Å². The first kappa shape index (κ1) is 12.1. The Hall–Kier alpha value is -0.940. The first-order valence-corrected chi connectivity index (χ1v) is 5.34. The van der Waals surface area contributed by atoms with Crippen molar-refractivity contribution in [3.63, 3.8) is 0 Å². The predicted octanol–water partition coefficient (Wildman–Crippen LogP) is 1.62. The first-order chi connectivity index (χ1) is 7.19. The van der Waals surface area contributed by atoms with Gasteiger partial charge in [0.15, 0.2) is 5.82 Å². The van der Waals surface area contributed by atoms with Crippen LogP contribution in [0.25, 0.3) is 0 Å². The molecule has 0 saturated carbocycles. The lowest BCUT2D eigenvalue weighted by molar-refractivity contribution is 0.0683. The summed E-state index contributed by atoms with van der Waals surface area (Å²) in [5.74, 6) is 1.46. The zero-order valence-electron chi connectivity index (χ0n) is 9.56. The predicted molar refractivity (Wildman–Crippen MR) is 56.4 cm³/mol. The molecule has 0 aromatic carbocycles. The summed E-state index contributed by atoms with van der Waals surface area (Å²) in [6, 6.07) is 0. The van der Waals surface area contributed by atoms with Gasteiger partial charge in [-0.2, -0.15) is 4.98 Å². The number of ether oxygens (including phenoxy) is 1. The fourth-order valence-corrected chi connectivity index (χ4v) is 1.31. The molecule has 0 amide bonds. The molecule has 0 aliphatic carbocycles. The number of rotatable bonds is 6. The van der Waals surface area contributed by atoms with Crippen molar-refractivity contribution in [1.82, 2.24) is 10.1 Å². The van der Waals surface area contributed by atoms with Crippen molar-refractivity contribution in [2.45, 2.75) is 39.2 Å². The SMILES string of the molecule is CCOC(C)c1noc(C(C)CCN)n1. The summed E-state index contributed by atoms with van der Waals surface area (Å²) in [5.41, 5.74) is 5.47. The van der Waals surface area contributed by atoms with E-state index in [0.717, 1.165) is 6.42 Å². The van der Waals surface area contributed by atoms with Gasteiger partial charge in [-0.05, 0) is 26.8 Å². The highest BCUT2D eigenvalue weighted by Crippen LogP contribution is 2.19. The smallest absolute Gasteiger partial charge is 0.229 e. The van der Waals surface area contributed by atoms with Crippen molar-refractivity contribution in [2.24, 2.45) is 5.73 Å². The summed E-state index contributed by atoms with van der Waals surface area (Å²) in [4.78, 5) is 4.29. The minimum atomic E-state index is -0.113. The molecule has 0 radical (unpaired) electrons. The topological polar surface area (TPSA) is 74.2 Å². The average Bonchev–Trinajstić information content (AvgIpc) is 2.67. The van der Waals surface area contributed by atoms with E-state index in [9.17, 15) is 0 Å². The normalized spacial score (nSPS) is 15.2. The van der Waals surface area contributed by atoms with E-state index in [4.69, 9.17) is 15.0 Å².